The first-order valence-corrected chi connectivity index (χ1v) is 10.6. The molecule has 4 aromatic rings. The van der Waals surface area contributed by atoms with E-state index in [0.29, 0.717) is 34.0 Å². The molecule has 30 heavy (non-hydrogen) atoms. The van der Waals surface area contributed by atoms with Gasteiger partial charge in [0.2, 0.25) is 0 Å². The van der Waals surface area contributed by atoms with Gasteiger partial charge in [-0.15, -0.1) is 11.3 Å². The molecule has 0 aliphatic heterocycles. The first-order chi connectivity index (χ1) is 14.5. The Kier molecular flexibility index (Phi) is 5.62. The molecule has 0 bridgehead atoms. The molecule has 0 saturated heterocycles. The molecule has 0 aliphatic rings. The number of thiazole rings is 1. The number of methoxy groups -OCH3 is 2. The maximum Gasteiger partial charge on any atom is 0.289 e. The number of carbonyl (C=O) groups excluding carboxylic acids is 1. The number of hydrogen-bond donors (Lipinski definition) is 0. The zero-order valence-electron chi connectivity index (χ0n) is 16.2. The molecular formula is C20H17N3O5S2. The molecule has 0 unspecified atom stereocenters. The fourth-order valence-electron chi connectivity index (χ4n) is 3.13. The van der Waals surface area contributed by atoms with Crippen LogP contribution >= 0.6 is 22.7 Å². The van der Waals surface area contributed by atoms with Crippen LogP contribution in [0.15, 0.2) is 47.5 Å². The van der Waals surface area contributed by atoms with Crippen LogP contribution in [-0.2, 0) is 11.3 Å². The third kappa shape index (κ3) is 3.72. The number of non-ortho nitro benzene ring substituents is 1. The van der Waals surface area contributed by atoms with Crippen LogP contribution in [0, 0.1) is 10.1 Å². The molecule has 0 radical (unpaired) electrons. The Hall–Kier alpha value is -3.08. The number of aromatic nitrogens is 1. The Morgan fingerprint density at radius 3 is 2.73 bits per heavy atom. The Labute approximate surface area is 178 Å². The zero-order valence-corrected chi connectivity index (χ0v) is 17.8. The van der Waals surface area contributed by atoms with Crippen molar-refractivity contribution in [3.8, 4) is 5.75 Å². The Morgan fingerprint density at radius 1 is 1.17 bits per heavy atom. The summed E-state index contributed by atoms with van der Waals surface area (Å²) in [5.41, 5.74) is 0.853. The Morgan fingerprint density at radius 2 is 2.00 bits per heavy atom. The highest BCUT2D eigenvalue weighted by molar-refractivity contribution is 7.21. The minimum Gasteiger partial charge on any atom is -0.495 e. The third-order valence-electron chi connectivity index (χ3n) is 4.52. The number of amides is 1. The third-order valence-corrected chi connectivity index (χ3v) is 6.67. The summed E-state index contributed by atoms with van der Waals surface area (Å²) in [5, 5.41) is 11.6. The normalized spacial score (nSPS) is 12.0. The van der Waals surface area contributed by atoms with Gasteiger partial charge in [0.25, 0.3) is 11.6 Å². The fraction of sp³-hybridized carbons (Fsp3) is 0.200. The molecule has 2 aromatic heterocycles. The average molecular weight is 444 g/mol. The standard InChI is InChI=1S/C20H17N3O5S2/c1-27-9-8-22-18-14(28-2)4-3-5-16(18)30-20(22)21-19(24)17-11-12-10-13(23(25)26)6-7-15(12)29-17/h3-7,10-11H,8-9H2,1-2H3. The second-order valence-corrected chi connectivity index (χ2v) is 8.44. The Bertz CT molecular complexity index is 1340. The van der Waals surface area contributed by atoms with Crippen LogP contribution in [0.2, 0.25) is 0 Å². The first-order valence-electron chi connectivity index (χ1n) is 8.94. The van der Waals surface area contributed by atoms with Gasteiger partial charge in [0.1, 0.15) is 11.3 Å². The van der Waals surface area contributed by atoms with Crippen molar-refractivity contribution in [1.82, 2.24) is 4.57 Å². The number of hydrogen-bond acceptors (Lipinski definition) is 7. The highest BCUT2D eigenvalue weighted by Crippen LogP contribution is 2.30. The van der Waals surface area contributed by atoms with E-state index >= 15 is 0 Å². The van der Waals surface area contributed by atoms with E-state index in [1.54, 1.807) is 26.4 Å². The SMILES string of the molecule is COCCn1c(=NC(=O)c2cc3cc([N+](=O)[O-])ccc3s2)sc2cccc(OC)c21. The summed E-state index contributed by atoms with van der Waals surface area (Å²) in [6.45, 7) is 0.972. The number of carbonyl (C=O) groups is 1. The Balaban J connectivity index is 1.81. The van der Waals surface area contributed by atoms with Gasteiger partial charge in [0.05, 0.1) is 28.2 Å². The van der Waals surface area contributed by atoms with Crippen molar-refractivity contribution in [3.05, 3.63) is 62.3 Å². The molecule has 2 heterocycles. The molecule has 2 aromatic carbocycles. The highest BCUT2D eigenvalue weighted by Gasteiger charge is 2.15. The molecule has 4 rings (SSSR count). The summed E-state index contributed by atoms with van der Waals surface area (Å²) < 4.78 is 14.4. The van der Waals surface area contributed by atoms with Crippen molar-refractivity contribution in [3.63, 3.8) is 0 Å². The number of fused-ring (bicyclic) bond motifs is 2. The molecule has 0 saturated carbocycles. The largest absolute Gasteiger partial charge is 0.495 e. The van der Waals surface area contributed by atoms with E-state index < -0.39 is 10.8 Å². The summed E-state index contributed by atoms with van der Waals surface area (Å²) in [5.74, 6) is 0.304. The van der Waals surface area contributed by atoms with Gasteiger partial charge in [-0.3, -0.25) is 14.9 Å². The van der Waals surface area contributed by atoms with E-state index in [0.717, 1.165) is 14.9 Å². The lowest BCUT2D eigenvalue weighted by Crippen LogP contribution is -2.19. The lowest BCUT2D eigenvalue weighted by atomic mass is 10.2. The van der Waals surface area contributed by atoms with Crippen LogP contribution in [0.5, 0.6) is 5.75 Å². The van der Waals surface area contributed by atoms with Crippen LogP contribution < -0.4 is 9.54 Å². The average Bonchev–Trinajstić information content (AvgIpc) is 3.32. The van der Waals surface area contributed by atoms with Gasteiger partial charge in [0, 0.05) is 35.9 Å². The van der Waals surface area contributed by atoms with Crippen molar-refractivity contribution in [2.45, 2.75) is 6.54 Å². The maximum absolute atomic E-state index is 12.9. The van der Waals surface area contributed by atoms with E-state index in [4.69, 9.17) is 9.47 Å². The maximum atomic E-state index is 12.9. The molecule has 154 valence electrons. The summed E-state index contributed by atoms with van der Waals surface area (Å²) in [6, 6.07) is 11.9. The number of nitrogens with zero attached hydrogens (tertiary/aromatic N) is 3. The summed E-state index contributed by atoms with van der Waals surface area (Å²) in [6.07, 6.45) is 0. The molecule has 0 spiro atoms. The van der Waals surface area contributed by atoms with Gasteiger partial charge in [-0.1, -0.05) is 17.4 Å². The van der Waals surface area contributed by atoms with Gasteiger partial charge in [-0.25, -0.2) is 0 Å². The summed E-state index contributed by atoms with van der Waals surface area (Å²) in [7, 11) is 3.22. The van der Waals surface area contributed by atoms with E-state index in [-0.39, 0.29) is 5.69 Å². The van der Waals surface area contributed by atoms with Crippen LogP contribution in [-0.4, -0.2) is 36.2 Å². The van der Waals surface area contributed by atoms with Crippen molar-refractivity contribution in [1.29, 1.82) is 0 Å². The minimum atomic E-state index is -0.452. The van der Waals surface area contributed by atoms with Crippen molar-refractivity contribution < 1.29 is 19.2 Å². The van der Waals surface area contributed by atoms with Gasteiger partial charge < -0.3 is 14.0 Å². The van der Waals surface area contributed by atoms with Crippen molar-refractivity contribution in [2.24, 2.45) is 4.99 Å². The summed E-state index contributed by atoms with van der Waals surface area (Å²) >= 11 is 2.66. The van der Waals surface area contributed by atoms with Gasteiger partial charge in [0.15, 0.2) is 4.80 Å². The van der Waals surface area contributed by atoms with Crippen LogP contribution in [0.25, 0.3) is 20.3 Å². The molecule has 1 amide bonds. The zero-order chi connectivity index (χ0) is 21.3. The number of para-hydroxylation sites is 1. The topological polar surface area (TPSA) is 96.0 Å². The predicted molar refractivity (Wildman–Crippen MR) is 117 cm³/mol. The van der Waals surface area contributed by atoms with Gasteiger partial charge in [-0.2, -0.15) is 4.99 Å². The van der Waals surface area contributed by atoms with Gasteiger partial charge >= 0.3 is 0 Å². The number of rotatable bonds is 6. The number of ether oxygens (including phenoxy) is 2. The van der Waals surface area contributed by atoms with E-state index in [2.05, 4.69) is 4.99 Å². The fourth-order valence-corrected chi connectivity index (χ4v) is 5.13. The first kappa shape index (κ1) is 20.2. The molecule has 0 N–H and O–H groups in total. The van der Waals surface area contributed by atoms with Crippen LogP contribution in [0.1, 0.15) is 9.67 Å². The lowest BCUT2D eigenvalue weighted by molar-refractivity contribution is -0.384. The van der Waals surface area contributed by atoms with Crippen molar-refractivity contribution >= 4 is 54.6 Å². The molecular weight excluding hydrogens is 426 g/mol. The highest BCUT2D eigenvalue weighted by atomic mass is 32.1. The number of nitro groups is 1. The number of thiophene rings is 1. The second kappa shape index (κ2) is 8.34. The van der Waals surface area contributed by atoms with Crippen molar-refractivity contribution in [2.75, 3.05) is 20.8 Å². The molecule has 0 fully saturated rings. The molecule has 0 atom stereocenters. The van der Waals surface area contributed by atoms with Crippen LogP contribution in [0.4, 0.5) is 5.69 Å². The molecule has 10 heteroatoms. The second-order valence-electron chi connectivity index (χ2n) is 6.34. The van der Waals surface area contributed by atoms with E-state index in [1.807, 2.05) is 22.8 Å². The predicted octanol–water partition coefficient (Wildman–Crippen LogP) is 4.22. The monoisotopic (exact) mass is 443 g/mol. The minimum absolute atomic E-state index is 0.00903. The molecule has 8 nitrogen and oxygen atoms in total. The summed E-state index contributed by atoms with van der Waals surface area (Å²) in [4.78, 5) is 28.8. The van der Waals surface area contributed by atoms with Crippen LogP contribution in [0.3, 0.4) is 0 Å². The quantitative estimate of drug-likeness (QED) is 0.328. The smallest absolute Gasteiger partial charge is 0.289 e. The van der Waals surface area contributed by atoms with E-state index in [9.17, 15) is 14.9 Å². The molecule has 0 aliphatic carbocycles. The van der Waals surface area contributed by atoms with Gasteiger partial charge in [-0.05, 0) is 24.3 Å². The lowest BCUT2D eigenvalue weighted by Gasteiger charge is -2.07. The number of nitro benzene ring substituents is 1. The van der Waals surface area contributed by atoms with E-state index in [1.165, 1.54) is 34.8 Å². The number of benzene rings is 2.